The van der Waals surface area contributed by atoms with Gasteiger partial charge in [0.05, 0.1) is 17.4 Å². The first-order chi connectivity index (χ1) is 6.81. The van der Waals surface area contributed by atoms with Crippen molar-refractivity contribution < 1.29 is 4.39 Å². The van der Waals surface area contributed by atoms with Crippen molar-refractivity contribution in [1.82, 2.24) is 9.55 Å². The molecule has 2 rings (SSSR count). The molecular formula is C11H12FN2. The van der Waals surface area contributed by atoms with Gasteiger partial charge in [0.15, 0.2) is 0 Å². The molecule has 1 heterocycles. The second-order valence-electron chi connectivity index (χ2n) is 3.28. The molecule has 0 saturated carbocycles. The van der Waals surface area contributed by atoms with E-state index in [4.69, 9.17) is 0 Å². The summed E-state index contributed by atoms with van der Waals surface area (Å²) in [6.07, 6.45) is 3.62. The summed E-state index contributed by atoms with van der Waals surface area (Å²) < 4.78 is 14.9. The van der Waals surface area contributed by atoms with E-state index in [9.17, 15) is 4.39 Å². The Bertz CT molecular complexity index is 434. The lowest BCUT2D eigenvalue weighted by atomic mass is 10.3. The first-order valence-corrected chi connectivity index (χ1v) is 4.71. The number of aryl methyl sites for hydroxylation is 1. The van der Waals surface area contributed by atoms with Gasteiger partial charge in [0.25, 0.3) is 0 Å². The van der Waals surface area contributed by atoms with E-state index >= 15 is 0 Å². The highest BCUT2D eigenvalue weighted by Crippen LogP contribution is 2.14. The molecule has 14 heavy (non-hydrogen) atoms. The Kier molecular flexibility index (Phi) is 2.48. The number of hydrogen-bond donors (Lipinski definition) is 0. The number of unbranched alkanes of at least 4 members (excludes halogenated alkanes) is 1. The Morgan fingerprint density at radius 3 is 3.07 bits per heavy atom. The number of imidazole rings is 1. The predicted molar refractivity (Wildman–Crippen MR) is 54.3 cm³/mol. The zero-order chi connectivity index (χ0) is 9.97. The van der Waals surface area contributed by atoms with Gasteiger partial charge in [0, 0.05) is 6.54 Å². The molecule has 1 radical (unpaired) electrons. The lowest BCUT2D eigenvalue weighted by Crippen LogP contribution is -1.95. The molecule has 0 fully saturated rings. The van der Waals surface area contributed by atoms with Crippen LogP contribution in [0.25, 0.3) is 11.0 Å². The largest absolute Gasteiger partial charge is 0.331 e. The topological polar surface area (TPSA) is 17.8 Å². The van der Waals surface area contributed by atoms with E-state index < -0.39 is 0 Å². The highest BCUT2D eigenvalue weighted by atomic mass is 19.1. The van der Waals surface area contributed by atoms with Crippen molar-refractivity contribution in [2.45, 2.75) is 19.4 Å². The Morgan fingerprint density at radius 2 is 2.29 bits per heavy atom. The molecule has 0 N–H and O–H groups in total. The normalized spacial score (nSPS) is 11.0. The summed E-state index contributed by atoms with van der Waals surface area (Å²) in [7, 11) is 0. The number of rotatable bonds is 3. The van der Waals surface area contributed by atoms with Crippen LogP contribution >= 0.6 is 0 Å². The molecular weight excluding hydrogens is 179 g/mol. The summed E-state index contributed by atoms with van der Waals surface area (Å²) in [6, 6.07) is 4.65. The lowest BCUT2D eigenvalue weighted by molar-refractivity contribution is 0.625. The molecule has 0 unspecified atom stereocenters. The summed E-state index contributed by atoms with van der Waals surface area (Å²) in [5.41, 5.74) is 1.70. The highest BCUT2D eigenvalue weighted by molar-refractivity contribution is 5.75. The maximum atomic E-state index is 13.0. The monoisotopic (exact) mass is 191 g/mol. The van der Waals surface area contributed by atoms with Crippen molar-refractivity contribution in [2.75, 3.05) is 0 Å². The van der Waals surface area contributed by atoms with Crippen molar-refractivity contribution in [3.63, 3.8) is 0 Å². The van der Waals surface area contributed by atoms with Crippen molar-refractivity contribution in [2.24, 2.45) is 0 Å². The standard InChI is InChI=1S/C11H12FN2/c1-2-3-6-14-8-13-10-5-4-9(12)7-11(10)14/h4-5,7-8H,1-3,6H2. The fraction of sp³-hybridized carbons (Fsp3) is 0.273. The van der Waals surface area contributed by atoms with Crippen LogP contribution in [0, 0.1) is 12.7 Å². The van der Waals surface area contributed by atoms with Gasteiger partial charge >= 0.3 is 0 Å². The lowest BCUT2D eigenvalue weighted by Gasteiger charge is -2.01. The highest BCUT2D eigenvalue weighted by Gasteiger charge is 2.02. The molecule has 1 aromatic carbocycles. The van der Waals surface area contributed by atoms with Crippen LogP contribution in [0.1, 0.15) is 12.8 Å². The van der Waals surface area contributed by atoms with Crippen LogP contribution in [-0.2, 0) is 6.54 Å². The van der Waals surface area contributed by atoms with Gasteiger partial charge in [-0.3, -0.25) is 0 Å². The average Bonchev–Trinajstić information content (AvgIpc) is 2.57. The number of halogens is 1. The van der Waals surface area contributed by atoms with E-state index in [-0.39, 0.29) is 5.82 Å². The van der Waals surface area contributed by atoms with E-state index in [1.807, 2.05) is 4.57 Å². The number of hydrogen-bond acceptors (Lipinski definition) is 1. The summed E-state index contributed by atoms with van der Waals surface area (Å²) in [6.45, 7) is 4.63. The molecule has 0 spiro atoms. The van der Waals surface area contributed by atoms with E-state index in [2.05, 4.69) is 11.9 Å². The second kappa shape index (κ2) is 3.78. The van der Waals surface area contributed by atoms with Gasteiger partial charge in [-0.2, -0.15) is 0 Å². The number of nitrogens with zero attached hydrogens (tertiary/aromatic N) is 2. The quantitative estimate of drug-likeness (QED) is 0.729. The van der Waals surface area contributed by atoms with Crippen LogP contribution in [0.2, 0.25) is 0 Å². The van der Waals surface area contributed by atoms with Crippen LogP contribution in [-0.4, -0.2) is 9.55 Å². The molecule has 2 nitrogen and oxygen atoms in total. The van der Waals surface area contributed by atoms with Crippen LogP contribution in [0.15, 0.2) is 24.5 Å². The number of fused-ring (bicyclic) bond motifs is 1. The van der Waals surface area contributed by atoms with Gasteiger partial charge in [0.1, 0.15) is 5.82 Å². The Labute approximate surface area is 82.4 Å². The first-order valence-electron chi connectivity index (χ1n) is 4.71. The minimum absolute atomic E-state index is 0.214. The second-order valence-corrected chi connectivity index (χ2v) is 3.28. The van der Waals surface area contributed by atoms with Gasteiger partial charge < -0.3 is 4.57 Å². The zero-order valence-electron chi connectivity index (χ0n) is 7.91. The maximum Gasteiger partial charge on any atom is 0.125 e. The van der Waals surface area contributed by atoms with Gasteiger partial charge in [0.2, 0.25) is 0 Å². The fourth-order valence-corrected chi connectivity index (χ4v) is 1.49. The van der Waals surface area contributed by atoms with E-state index in [0.29, 0.717) is 0 Å². The van der Waals surface area contributed by atoms with Gasteiger partial charge in [-0.15, -0.1) is 0 Å². The predicted octanol–water partition coefficient (Wildman–Crippen LogP) is 2.79. The van der Waals surface area contributed by atoms with Crippen molar-refractivity contribution in [1.29, 1.82) is 0 Å². The van der Waals surface area contributed by atoms with E-state index in [1.54, 1.807) is 12.4 Å². The van der Waals surface area contributed by atoms with Gasteiger partial charge in [-0.25, -0.2) is 9.37 Å². The van der Waals surface area contributed by atoms with Crippen molar-refractivity contribution in [3.05, 3.63) is 37.3 Å². The molecule has 1 aromatic heterocycles. The number of aromatic nitrogens is 2. The summed E-state index contributed by atoms with van der Waals surface area (Å²) in [5, 5.41) is 0. The summed E-state index contributed by atoms with van der Waals surface area (Å²) in [4.78, 5) is 4.19. The van der Waals surface area contributed by atoms with Crippen LogP contribution in [0.3, 0.4) is 0 Å². The Balaban J connectivity index is 2.40. The smallest absolute Gasteiger partial charge is 0.125 e. The third kappa shape index (κ3) is 1.62. The van der Waals surface area contributed by atoms with Crippen molar-refractivity contribution in [3.8, 4) is 0 Å². The summed E-state index contributed by atoms with van der Waals surface area (Å²) >= 11 is 0. The molecule has 0 aliphatic heterocycles. The van der Waals surface area contributed by atoms with Crippen LogP contribution < -0.4 is 0 Å². The third-order valence-corrected chi connectivity index (χ3v) is 2.23. The number of benzene rings is 1. The van der Waals surface area contributed by atoms with Crippen molar-refractivity contribution >= 4 is 11.0 Å². The molecule has 2 aromatic rings. The SMILES string of the molecule is [CH2]CCCn1cnc2ccc(F)cc21. The summed E-state index contributed by atoms with van der Waals surface area (Å²) in [5.74, 6) is -0.214. The van der Waals surface area contributed by atoms with Gasteiger partial charge in [-0.05, 0) is 24.6 Å². The molecule has 0 atom stereocenters. The third-order valence-electron chi connectivity index (χ3n) is 2.23. The Morgan fingerprint density at radius 1 is 1.43 bits per heavy atom. The van der Waals surface area contributed by atoms with E-state index in [0.717, 1.165) is 30.4 Å². The minimum atomic E-state index is -0.214. The Hall–Kier alpha value is -1.38. The maximum absolute atomic E-state index is 13.0. The molecule has 3 heteroatoms. The van der Waals surface area contributed by atoms with E-state index in [1.165, 1.54) is 12.1 Å². The fourth-order valence-electron chi connectivity index (χ4n) is 1.49. The van der Waals surface area contributed by atoms with Crippen LogP contribution in [0.4, 0.5) is 4.39 Å². The van der Waals surface area contributed by atoms with Gasteiger partial charge in [-0.1, -0.05) is 13.3 Å². The molecule has 0 bridgehead atoms. The molecule has 0 amide bonds. The molecule has 73 valence electrons. The molecule has 0 saturated heterocycles. The minimum Gasteiger partial charge on any atom is -0.331 e. The van der Waals surface area contributed by atoms with Crippen LogP contribution in [0.5, 0.6) is 0 Å². The first kappa shape index (κ1) is 9.19. The average molecular weight is 191 g/mol. The zero-order valence-corrected chi connectivity index (χ0v) is 7.91. The molecule has 0 aliphatic carbocycles. The molecule has 0 aliphatic rings.